The lowest BCUT2D eigenvalue weighted by molar-refractivity contribution is -0.148. The molecule has 1 aromatic rings. The molecule has 0 aliphatic carbocycles. The topological polar surface area (TPSA) is 88.5 Å². The lowest BCUT2D eigenvalue weighted by Crippen LogP contribution is -2.57. The van der Waals surface area contributed by atoms with E-state index >= 15 is 0 Å². The van der Waals surface area contributed by atoms with Crippen LogP contribution in [0.1, 0.15) is 23.2 Å². The number of hydrogen-bond acceptors (Lipinski definition) is 4. The van der Waals surface area contributed by atoms with Crippen molar-refractivity contribution in [3.8, 4) is 0 Å². The molecule has 7 heteroatoms. The van der Waals surface area contributed by atoms with Gasteiger partial charge >= 0.3 is 5.97 Å². The Morgan fingerprint density at radius 1 is 1.42 bits per heavy atom. The molecule has 1 aliphatic heterocycles. The molecule has 1 saturated heterocycles. The van der Waals surface area contributed by atoms with Crippen LogP contribution in [0.4, 0.5) is 4.39 Å². The molecule has 1 fully saturated rings. The van der Waals surface area contributed by atoms with Crippen molar-refractivity contribution in [3.05, 3.63) is 29.8 Å². The van der Waals surface area contributed by atoms with E-state index in [2.05, 4.69) is 10.3 Å². The Hall–Kier alpha value is -2.02. The summed E-state index contributed by atoms with van der Waals surface area (Å²) in [5.41, 5.74) is -1.31. The molecule has 2 heterocycles. The molecule has 1 amide bonds. The quantitative estimate of drug-likeness (QED) is 0.783. The Balaban J connectivity index is 2.18. The van der Waals surface area contributed by atoms with Crippen LogP contribution in [-0.2, 0) is 9.53 Å². The number of pyridine rings is 1. The highest BCUT2D eigenvalue weighted by atomic mass is 19.1. The Labute approximate surface area is 108 Å². The summed E-state index contributed by atoms with van der Waals surface area (Å²) in [5.74, 6) is -2.53. The third-order valence-corrected chi connectivity index (χ3v) is 3.10. The highest BCUT2D eigenvalue weighted by molar-refractivity contribution is 5.97. The average Bonchev–Trinajstić information content (AvgIpc) is 2.39. The van der Waals surface area contributed by atoms with Gasteiger partial charge in [-0.3, -0.25) is 4.79 Å². The molecule has 19 heavy (non-hydrogen) atoms. The van der Waals surface area contributed by atoms with Gasteiger partial charge in [-0.15, -0.1) is 0 Å². The van der Waals surface area contributed by atoms with Crippen LogP contribution in [0.2, 0.25) is 0 Å². The number of hydrogen-bond donors (Lipinski definition) is 2. The van der Waals surface area contributed by atoms with Crippen molar-refractivity contribution in [2.24, 2.45) is 0 Å². The van der Waals surface area contributed by atoms with Crippen LogP contribution in [0.5, 0.6) is 0 Å². The highest BCUT2D eigenvalue weighted by Gasteiger charge is 2.41. The minimum atomic E-state index is -1.35. The van der Waals surface area contributed by atoms with Crippen molar-refractivity contribution < 1.29 is 23.8 Å². The molecular weight excluding hydrogens is 255 g/mol. The van der Waals surface area contributed by atoms with E-state index in [0.717, 1.165) is 12.3 Å². The first-order chi connectivity index (χ1) is 9.03. The number of aliphatic carboxylic acids is 1. The van der Waals surface area contributed by atoms with Gasteiger partial charge in [0, 0.05) is 43.9 Å². The van der Waals surface area contributed by atoms with Crippen LogP contribution >= 0.6 is 0 Å². The third kappa shape index (κ3) is 2.87. The first-order valence-corrected chi connectivity index (χ1v) is 5.79. The molecule has 0 saturated carbocycles. The number of halogens is 1. The van der Waals surface area contributed by atoms with Gasteiger partial charge in [0.05, 0.1) is 0 Å². The standard InChI is InChI=1S/C12H13FN2O4/c13-9-7-8(1-4-14-9)10(16)15-12(11(17)18)2-5-19-6-3-12/h1,4,7H,2-3,5-6H2,(H,15,16)(H,17,18). The van der Waals surface area contributed by atoms with Crippen molar-refractivity contribution in [2.45, 2.75) is 18.4 Å². The molecule has 0 aromatic carbocycles. The summed E-state index contributed by atoms with van der Waals surface area (Å²) in [6, 6.07) is 2.29. The average molecular weight is 268 g/mol. The van der Waals surface area contributed by atoms with E-state index in [0.29, 0.717) is 0 Å². The first-order valence-electron chi connectivity index (χ1n) is 5.79. The van der Waals surface area contributed by atoms with Crippen molar-refractivity contribution in [3.63, 3.8) is 0 Å². The van der Waals surface area contributed by atoms with Crippen molar-refractivity contribution in [1.82, 2.24) is 10.3 Å². The number of carboxylic acid groups (broad SMARTS) is 1. The Morgan fingerprint density at radius 3 is 2.68 bits per heavy atom. The number of carboxylic acids is 1. The fourth-order valence-electron chi connectivity index (χ4n) is 1.95. The molecule has 1 aromatic heterocycles. The van der Waals surface area contributed by atoms with Crippen molar-refractivity contribution in [2.75, 3.05) is 13.2 Å². The maximum Gasteiger partial charge on any atom is 0.329 e. The summed E-state index contributed by atoms with van der Waals surface area (Å²) in [6.45, 7) is 0.522. The summed E-state index contributed by atoms with van der Waals surface area (Å²) in [6.07, 6.45) is 1.52. The lowest BCUT2D eigenvalue weighted by Gasteiger charge is -2.33. The summed E-state index contributed by atoms with van der Waals surface area (Å²) in [5, 5.41) is 11.7. The molecule has 2 N–H and O–H groups in total. The molecular formula is C12H13FN2O4. The number of amides is 1. The Bertz CT molecular complexity index is 500. The molecule has 102 valence electrons. The molecule has 1 aliphatic rings. The summed E-state index contributed by atoms with van der Waals surface area (Å²) in [4.78, 5) is 26.7. The van der Waals surface area contributed by atoms with Gasteiger partial charge in [0.2, 0.25) is 5.95 Å². The molecule has 2 rings (SSSR count). The SMILES string of the molecule is O=C(NC1(C(=O)O)CCOCC1)c1ccnc(F)c1. The fourth-order valence-corrected chi connectivity index (χ4v) is 1.95. The predicted molar refractivity (Wildman–Crippen MR) is 62.1 cm³/mol. The fraction of sp³-hybridized carbons (Fsp3) is 0.417. The van der Waals surface area contributed by atoms with Crippen LogP contribution in [0, 0.1) is 5.95 Å². The maximum absolute atomic E-state index is 12.9. The van der Waals surface area contributed by atoms with E-state index in [4.69, 9.17) is 4.74 Å². The maximum atomic E-state index is 12.9. The van der Waals surface area contributed by atoms with Crippen LogP contribution in [-0.4, -0.2) is 40.7 Å². The molecule has 6 nitrogen and oxygen atoms in total. The van der Waals surface area contributed by atoms with Gasteiger partial charge in [-0.05, 0) is 6.07 Å². The molecule has 0 spiro atoms. The normalized spacial score (nSPS) is 17.7. The van der Waals surface area contributed by atoms with E-state index in [1.807, 2.05) is 0 Å². The predicted octanol–water partition coefficient (Wildman–Crippen LogP) is 0.584. The zero-order chi connectivity index (χ0) is 13.9. The second-order valence-electron chi connectivity index (χ2n) is 4.32. The zero-order valence-electron chi connectivity index (χ0n) is 10.1. The van der Waals surface area contributed by atoms with Crippen LogP contribution in [0.15, 0.2) is 18.3 Å². The number of ether oxygens (including phenoxy) is 1. The highest BCUT2D eigenvalue weighted by Crippen LogP contribution is 2.21. The molecule has 0 atom stereocenters. The van der Waals surface area contributed by atoms with Gasteiger partial charge in [-0.2, -0.15) is 4.39 Å². The Morgan fingerprint density at radius 2 is 2.11 bits per heavy atom. The number of rotatable bonds is 3. The molecule has 0 unspecified atom stereocenters. The van der Waals surface area contributed by atoms with Gasteiger partial charge in [0.25, 0.3) is 5.91 Å². The molecule has 0 bridgehead atoms. The van der Waals surface area contributed by atoms with Crippen molar-refractivity contribution >= 4 is 11.9 Å². The second-order valence-corrected chi connectivity index (χ2v) is 4.32. The van der Waals surface area contributed by atoms with Gasteiger partial charge in [0.1, 0.15) is 5.54 Å². The van der Waals surface area contributed by atoms with Gasteiger partial charge in [-0.1, -0.05) is 0 Å². The summed E-state index contributed by atoms with van der Waals surface area (Å²) >= 11 is 0. The number of carbonyl (C=O) groups is 2. The number of carbonyl (C=O) groups excluding carboxylic acids is 1. The number of nitrogens with zero attached hydrogens (tertiary/aromatic N) is 1. The monoisotopic (exact) mass is 268 g/mol. The molecule has 0 radical (unpaired) electrons. The number of nitrogens with one attached hydrogen (secondary N) is 1. The van der Waals surface area contributed by atoms with E-state index in [1.165, 1.54) is 6.07 Å². The van der Waals surface area contributed by atoms with Crippen LogP contribution < -0.4 is 5.32 Å². The van der Waals surface area contributed by atoms with E-state index in [1.54, 1.807) is 0 Å². The van der Waals surface area contributed by atoms with Crippen molar-refractivity contribution in [1.29, 1.82) is 0 Å². The van der Waals surface area contributed by atoms with E-state index in [9.17, 15) is 19.1 Å². The van der Waals surface area contributed by atoms with E-state index < -0.39 is 23.4 Å². The minimum absolute atomic E-state index is 0.0413. The second kappa shape index (κ2) is 5.31. The summed E-state index contributed by atoms with van der Waals surface area (Å²) < 4.78 is 18.0. The van der Waals surface area contributed by atoms with Crippen LogP contribution in [0.3, 0.4) is 0 Å². The number of aromatic nitrogens is 1. The summed E-state index contributed by atoms with van der Waals surface area (Å²) in [7, 11) is 0. The van der Waals surface area contributed by atoms with Crippen LogP contribution in [0.25, 0.3) is 0 Å². The lowest BCUT2D eigenvalue weighted by atomic mass is 9.90. The van der Waals surface area contributed by atoms with Gasteiger partial charge < -0.3 is 15.2 Å². The van der Waals surface area contributed by atoms with E-state index in [-0.39, 0.29) is 31.6 Å². The van der Waals surface area contributed by atoms with Gasteiger partial charge in [0.15, 0.2) is 0 Å². The zero-order valence-corrected chi connectivity index (χ0v) is 10.1. The minimum Gasteiger partial charge on any atom is -0.480 e. The van der Waals surface area contributed by atoms with Gasteiger partial charge in [-0.25, -0.2) is 9.78 Å². The smallest absolute Gasteiger partial charge is 0.329 e. The largest absolute Gasteiger partial charge is 0.480 e. The Kier molecular flexibility index (Phi) is 3.75. The first kappa shape index (κ1) is 13.4. The third-order valence-electron chi connectivity index (χ3n) is 3.10.